The molecular weight excluding hydrogens is 324 g/mol. The topological polar surface area (TPSA) is 52.8 Å². The molecule has 6 heteroatoms. The van der Waals surface area contributed by atoms with E-state index in [0.717, 1.165) is 22.5 Å². The zero-order valence-corrected chi connectivity index (χ0v) is 15.2. The van der Waals surface area contributed by atoms with Crippen LogP contribution in [0.3, 0.4) is 0 Å². The van der Waals surface area contributed by atoms with Gasteiger partial charge in [-0.1, -0.05) is 20.8 Å². The number of carbonyl (C=O) groups excluding carboxylic acids is 1. The summed E-state index contributed by atoms with van der Waals surface area (Å²) in [6.07, 6.45) is 0.869. The minimum atomic E-state index is -0.0778. The number of carbonyl (C=O) groups is 1. The third kappa shape index (κ3) is 2.57. The predicted octanol–water partition coefficient (Wildman–Crippen LogP) is 4.19. The molecule has 0 bridgehead atoms. The number of hydrogen-bond donors (Lipinski definition) is 0. The van der Waals surface area contributed by atoms with Crippen molar-refractivity contribution in [2.24, 2.45) is 0 Å². The van der Waals surface area contributed by atoms with Gasteiger partial charge in [0.15, 0.2) is 22.7 Å². The van der Waals surface area contributed by atoms with Crippen LogP contribution in [-0.4, -0.2) is 29.9 Å². The average Bonchev–Trinajstić information content (AvgIpc) is 3.11. The number of nitrogens with zero attached hydrogens (tertiary/aromatic N) is 2. The smallest absolute Gasteiger partial charge is 0.195 e. The van der Waals surface area contributed by atoms with Crippen LogP contribution in [0.15, 0.2) is 23.6 Å². The highest BCUT2D eigenvalue weighted by Gasteiger charge is 2.24. The van der Waals surface area contributed by atoms with Gasteiger partial charge in [0.2, 0.25) is 0 Å². The molecule has 5 nitrogen and oxygen atoms in total. The molecule has 0 saturated carbocycles. The quantitative estimate of drug-likeness (QED) is 0.666. The molecular formula is C18H20N2O3S. The van der Waals surface area contributed by atoms with Crippen molar-refractivity contribution in [2.75, 3.05) is 14.2 Å². The molecule has 3 aromatic rings. The van der Waals surface area contributed by atoms with Crippen LogP contribution >= 0.6 is 11.3 Å². The van der Waals surface area contributed by atoms with Gasteiger partial charge in [0.1, 0.15) is 11.4 Å². The van der Waals surface area contributed by atoms with Gasteiger partial charge in [-0.3, -0.25) is 9.20 Å². The molecule has 2 heterocycles. The Labute approximate surface area is 144 Å². The second kappa shape index (κ2) is 5.94. The first-order valence-corrected chi connectivity index (χ1v) is 8.46. The highest BCUT2D eigenvalue weighted by atomic mass is 32.1. The third-order valence-corrected chi connectivity index (χ3v) is 4.76. The Hall–Kier alpha value is -2.34. The van der Waals surface area contributed by atoms with Gasteiger partial charge in [-0.15, -0.1) is 11.3 Å². The molecule has 2 aromatic heterocycles. The largest absolute Gasteiger partial charge is 0.493 e. The lowest BCUT2D eigenvalue weighted by Crippen LogP contribution is -2.15. The summed E-state index contributed by atoms with van der Waals surface area (Å²) in [5, 5.41) is 2.06. The van der Waals surface area contributed by atoms with Gasteiger partial charge >= 0.3 is 0 Å². The average molecular weight is 344 g/mol. The Bertz CT molecular complexity index is 903. The van der Waals surface area contributed by atoms with E-state index < -0.39 is 0 Å². The number of imidazole rings is 1. The van der Waals surface area contributed by atoms with Gasteiger partial charge in [0.05, 0.1) is 14.2 Å². The summed E-state index contributed by atoms with van der Waals surface area (Å²) in [4.78, 5) is 17.3. The molecule has 1 aromatic carbocycles. The number of ether oxygens (including phenoxy) is 2. The first-order valence-electron chi connectivity index (χ1n) is 7.58. The lowest BCUT2D eigenvalue weighted by atomic mass is 9.93. The van der Waals surface area contributed by atoms with E-state index in [1.807, 2.05) is 22.6 Å². The lowest BCUT2D eigenvalue weighted by Gasteiger charge is -2.17. The van der Waals surface area contributed by atoms with Crippen LogP contribution in [0.2, 0.25) is 0 Å². The molecule has 0 aliphatic heterocycles. The molecule has 0 unspecified atom stereocenters. The molecule has 0 radical (unpaired) electrons. The number of aldehydes is 1. The normalized spacial score (nSPS) is 11.7. The van der Waals surface area contributed by atoms with Crippen molar-refractivity contribution in [3.63, 3.8) is 0 Å². The van der Waals surface area contributed by atoms with Crippen molar-refractivity contribution in [2.45, 2.75) is 26.2 Å². The van der Waals surface area contributed by atoms with E-state index in [9.17, 15) is 4.79 Å². The van der Waals surface area contributed by atoms with Crippen molar-refractivity contribution < 1.29 is 14.3 Å². The van der Waals surface area contributed by atoms with Crippen LogP contribution < -0.4 is 9.47 Å². The van der Waals surface area contributed by atoms with Crippen molar-refractivity contribution in [1.82, 2.24) is 9.38 Å². The second-order valence-electron chi connectivity index (χ2n) is 6.52. The first-order chi connectivity index (χ1) is 11.4. The number of benzene rings is 1. The summed E-state index contributed by atoms with van der Waals surface area (Å²) in [6, 6.07) is 5.55. The Balaban J connectivity index is 2.24. The molecule has 0 saturated heterocycles. The number of aromatic nitrogens is 2. The maximum absolute atomic E-state index is 11.8. The van der Waals surface area contributed by atoms with Gasteiger partial charge in [-0.05, 0) is 18.2 Å². The summed E-state index contributed by atoms with van der Waals surface area (Å²) >= 11 is 1.54. The number of rotatable bonds is 4. The number of thiazole rings is 1. The van der Waals surface area contributed by atoms with Crippen molar-refractivity contribution >= 4 is 22.6 Å². The van der Waals surface area contributed by atoms with E-state index in [2.05, 4.69) is 31.1 Å². The van der Waals surface area contributed by atoms with E-state index in [0.29, 0.717) is 22.9 Å². The van der Waals surface area contributed by atoms with E-state index in [-0.39, 0.29) is 5.41 Å². The van der Waals surface area contributed by atoms with Gasteiger partial charge < -0.3 is 9.47 Å². The summed E-state index contributed by atoms with van der Waals surface area (Å²) in [7, 11) is 3.18. The molecule has 0 atom stereocenters. The molecule has 0 N–H and O–H groups in total. The van der Waals surface area contributed by atoms with E-state index in [1.54, 1.807) is 25.6 Å². The fourth-order valence-corrected chi connectivity index (χ4v) is 3.82. The van der Waals surface area contributed by atoms with E-state index in [4.69, 9.17) is 9.47 Å². The van der Waals surface area contributed by atoms with Gasteiger partial charge in [-0.2, -0.15) is 0 Å². The maximum atomic E-state index is 11.8. The summed E-state index contributed by atoms with van der Waals surface area (Å²) in [6.45, 7) is 6.37. The zero-order chi connectivity index (χ0) is 17.5. The molecule has 0 spiro atoms. The molecule has 0 aliphatic rings. The highest BCUT2D eigenvalue weighted by molar-refractivity contribution is 7.15. The van der Waals surface area contributed by atoms with Gasteiger partial charge in [0.25, 0.3) is 0 Å². The lowest BCUT2D eigenvalue weighted by molar-refractivity contribution is 0.111. The van der Waals surface area contributed by atoms with Gasteiger partial charge in [0, 0.05) is 22.1 Å². The number of hydrogen-bond acceptors (Lipinski definition) is 5. The molecule has 126 valence electrons. The monoisotopic (exact) mass is 344 g/mol. The number of methoxy groups -OCH3 is 2. The maximum Gasteiger partial charge on any atom is 0.195 e. The third-order valence-electron chi connectivity index (χ3n) is 3.94. The van der Waals surface area contributed by atoms with Crippen LogP contribution in [0.25, 0.3) is 16.2 Å². The van der Waals surface area contributed by atoms with Crippen molar-refractivity contribution in [1.29, 1.82) is 0 Å². The summed E-state index contributed by atoms with van der Waals surface area (Å²) in [5.41, 5.74) is 3.03. The Morgan fingerprint density at radius 1 is 1.17 bits per heavy atom. The second-order valence-corrected chi connectivity index (χ2v) is 7.36. The summed E-state index contributed by atoms with van der Waals surface area (Å²) in [5.74, 6) is 1.25. The van der Waals surface area contributed by atoms with Crippen LogP contribution in [-0.2, 0) is 5.41 Å². The molecule has 0 amide bonds. The molecule has 24 heavy (non-hydrogen) atoms. The minimum absolute atomic E-state index is 0.0778. The Morgan fingerprint density at radius 2 is 1.88 bits per heavy atom. The fraction of sp³-hybridized carbons (Fsp3) is 0.333. The molecule has 0 fully saturated rings. The fourth-order valence-electron chi connectivity index (χ4n) is 2.70. The molecule has 3 rings (SSSR count). The predicted molar refractivity (Wildman–Crippen MR) is 95.7 cm³/mol. The van der Waals surface area contributed by atoms with E-state index >= 15 is 0 Å². The van der Waals surface area contributed by atoms with Crippen LogP contribution in [0.4, 0.5) is 0 Å². The Morgan fingerprint density at radius 3 is 2.46 bits per heavy atom. The molecule has 0 aliphatic carbocycles. The standard InChI is InChI=1S/C18H20N2O3S/c1-18(2,3)15-10-24-17-19-16(12(9-21)20(15)17)11-6-7-13(22-4)14(8-11)23-5/h6-10H,1-5H3. The minimum Gasteiger partial charge on any atom is -0.493 e. The SMILES string of the molecule is COc1ccc(-c2nc3scc(C(C)(C)C)n3c2C=O)cc1OC. The number of fused-ring (bicyclic) bond motifs is 1. The van der Waals surface area contributed by atoms with Crippen LogP contribution in [0.5, 0.6) is 11.5 Å². The summed E-state index contributed by atoms with van der Waals surface area (Å²) < 4.78 is 12.6. The van der Waals surface area contributed by atoms with E-state index in [1.165, 1.54) is 0 Å². The van der Waals surface area contributed by atoms with Crippen molar-refractivity contribution in [3.05, 3.63) is 35.0 Å². The first kappa shape index (κ1) is 16.5. The van der Waals surface area contributed by atoms with Crippen LogP contribution in [0, 0.1) is 0 Å². The van der Waals surface area contributed by atoms with Gasteiger partial charge in [-0.25, -0.2) is 4.98 Å². The zero-order valence-electron chi connectivity index (χ0n) is 14.4. The Kier molecular flexibility index (Phi) is 4.09. The highest BCUT2D eigenvalue weighted by Crippen LogP contribution is 2.36. The van der Waals surface area contributed by atoms with Crippen LogP contribution in [0.1, 0.15) is 37.0 Å². The van der Waals surface area contributed by atoms with Crippen molar-refractivity contribution in [3.8, 4) is 22.8 Å².